The van der Waals surface area contributed by atoms with Gasteiger partial charge in [-0.25, -0.2) is 9.97 Å². The first kappa shape index (κ1) is 19.6. The zero-order valence-corrected chi connectivity index (χ0v) is 16.8. The molecule has 30 heavy (non-hydrogen) atoms. The van der Waals surface area contributed by atoms with Crippen molar-refractivity contribution in [2.24, 2.45) is 5.73 Å². The van der Waals surface area contributed by atoms with Gasteiger partial charge in [0.25, 0.3) is 5.91 Å². The van der Waals surface area contributed by atoms with E-state index in [9.17, 15) is 4.79 Å². The Morgan fingerprint density at radius 3 is 2.77 bits per heavy atom. The molecular weight excluding hydrogens is 402 g/mol. The van der Waals surface area contributed by atoms with Gasteiger partial charge < -0.3 is 15.8 Å². The zero-order chi connectivity index (χ0) is 21.1. The highest BCUT2D eigenvalue weighted by atomic mass is 35.5. The van der Waals surface area contributed by atoms with Crippen LogP contribution in [0.15, 0.2) is 60.9 Å². The summed E-state index contributed by atoms with van der Waals surface area (Å²) in [6.45, 7) is 2.44. The smallest absolute Gasteiger partial charge is 0.250 e. The number of carbonyl (C=O) groups is 1. The number of halogens is 1. The first-order chi connectivity index (χ1) is 14.5. The average Bonchev–Trinajstić information content (AvgIpc) is 2.74. The lowest BCUT2D eigenvalue weighted by Crippen LogP contribution is -2.13. The van der Waals surface area contributed by atoms with Crippen molar-refractivity contribution in [1.82, 2.24) is 15.0 Å². The lowest BCUT2D eigenvalue weighted by Gasteiger charge is -2.14. The summed E-state index contributed by atoms with van der Waals surface area (Å²) < 4.78 is 5.63. The van der Waals surface area contributed by atoms with Crippen LogP contribution >= 0.6 is 11.6 Å². The minimum Gasteiger partial charge on any atom is -0.494 e. The fraction of sp³-hybridized carbons (Fsp3) is 0.0909. The molecular formula is C22H18ClN5O2. The van der Waals surface area contributed by atoms with Crippen LogP contribution in [0.2, 0.25) is 5.02 Å². The third kappa shape index (κ3) is 4.01. The third-order valence-electron chi connectivity index (χ3n) is 4.40. The Bertz CT molecular complexity index is 1230. The van der Waals surface area contributed by atoms with E-state index in [1.54, 1.807) is 30.6 Å². The molecule has 0 fully saturated rings. The van der Waals surface area contributed by atoms with Crippen molar-refractivity contribution in [3.05, 3.63) is 71.5 Å². The Kier molecular flexibility index (Phi) is 5.45. The number of ether oxygens (including phenoxy) is 1. The maximum Gasteiger partial charge on any atom is 0.250 e. The summed E-state index contributed by atoms with van der Waals surface area (Å²) >= 11 is 6.15. The number of carbonyl (C=O) groups excluding carboxylic acids is 1. The Morgan fingerprint density at radius 1 is 1.17 bits per heavy atom. The standard InChI is InChI=1S/C22H18ClN5O2/c1-2-30-15-6-8-18-17(11-15)22(28-21(26-18)13-4-3-9-25-12-13)27-19-10-14(23)5-7-16(19)20(24)29/h3-12H,2H2,1H3,(H2,24,29)(H,26,27,28). The second kappa shape index (κ2) is 8.34. The molecule has 8 heteroatoms. The summed E-state index contributed by atoms with van der Waals surface area (Å²) in [6.07, 6.45) is 3.37. The van der Waals surface area contributed by atoms with E-state index < -0.39 is 5.91 Å². The summed E-state index contributed by atoms with van der Waals surface area (Å²) in [5, 5.41) is 4.39. The molecule has 0 aliphatic carbocycles. The number of amides is 1. The molecule has 4 aromatic rings. The van der Waals surface area contributed by atoms with Crippen molar-refractivity contribution >= 4 is 39.9 Å². The van der Waals surface area contributed by atoms with Crippen LogP contribution in [-0.2, 0) is 0 Å². The third-order valence-corrected chi connectivity index (χ3v) is 4.63. The minimum absolute atomic E-state index is 0.301. The van der Waals surface area contributed by atoms with Gasteiger partial charge in [0, 0.05) is 28.4 Å². The van der Waals surface area contributed by atoms with E-state index in [1.807, 2.05) is 37.3 Å². The highest BCUT2D eigenvalue weighted by molar-refractivity contribution is 6.31. The predicted molar refractivity (Wildman–Crippen MR) is 117 cm³/mol. The number of primary amides is 1. The largest absolute Gasteiger partial charge is 0.494 e. The molecule has 0 unspecified atom stereocenters. The van der Waals surface area contributed by atoms with Gasteiger partial charge in [-0.1, -0.05) is 11.6 Å². The first-order valence-corrected chi connectivity index (χ1v) is 9.64. The number of benzene rings is 2. The van der Waals surface area contributed by atoms with Gasteiger partial charge in [0.2, 0.25) is 0 Å². The molecule has 2 aromatic carbocycles. The molecule has 0 atom stereocenters. The van der Waals surface area contributed by atoms with Crippen molar-refractivity contribution < 1.29 is 9.53 Å². The van der Waals surface area contributed by atoms with E-state index in [-0.39, 0.29) is 0 Å². The number of fused-ring (bicyclic) bond motifs is 1. The van der Waals surface area contributed by atoms with Gasteiger partial charge in [0.05, 0.1) is 23.4 Å². The fourth-order valence-electron chi connectivity index (χ4n) is 3.05. The lowest BCUT2D eigenvalue weighted by atomic mass is 10.1. The van der Waals surface area contributed by atoms with E-state index in [0.29, 0.717) is 45.8 Å². The molecule has 0 saturated carbocycles. The molecule has 2 aromatic heterocycles. The van der Waals surface area contributed by atoms with Gasteiger partial charge in [-0.05, 0) is 55.5 Å². The molecule has 1 amide bonds. The van der Waals surface area contributed by atoms with Crippen molar-refractivity contribution in [3.8, 4) is 17.1 Å². The van der Waals surface area contributed by atoms with E-state index in [0.717, 1.165) is 10.9 Å². The van der Waals surface area contributed by atoms with Crippen molar-refractivity contribution in [2.75, 3.05) is 11.9 Å². The van der Waals surface area contributed by atoms with E-state index in [2.05, 4.69) is 20.3 Å². The van der Waals surface area contributed by atoms with Crippen molar-refractivity contribution in [1.29, 1.82) is 0 Å². The SMILES string of the molecule is CCOc1ccc2nc(-c3cccnc3)nc(Nc3cc(Cl)ccc3C(N)=O)c2c1. The first-order valence-electron chi connectivity index (χ1n) is 9.26. The molecule has 4 rings (SSSR count). The summed E-state index contributed by atoms with van der Waals surface area (Å²) in [4.78, 5) is 25.4. The molecule has 3 N–H and O–H groups in total. The van der Waals surface area contributed by atoms with Crippen LogP contribution in [0.4, 0.5) is 11.5 Å². The molecule has 150 valence electrons. The summed E-state index contributed by atoms with van der Waals surface area (Å²) in [6, 6.07) is 14.1. The number of nitrogens with zero attached hydrogens (tertiary/aromatic N) is 3. The van der Waals surface area contributed by atoms with Gasteiger partial charge in [-0.2, -0.15) is 0 Å². The van der Waals surface area contributed by atoms with Gasteiger partial charge in [0.1, 0.15) is 11.6 Å². The second-order valence-corrected chi connectivity index (χ2v) is 6.87. The van der Waals surface area contributed by atoms with Gasteiger partial charge in [0.15, 0.2) is 5.82 Å². The Hall–Kier alpha value is -3.71. The Labute approximate surface area is 177 Å². The van der Waals surface area contributed by atoms with Crippen LogP contribution in [0, 0.1) is 0 Å². The van der Waals surface area contributed by atoms with E-state index in [1.165, 1.54) is 0 Å². The van der Waals surface area contributed by atoms with Gasteiger partial charge in [-0.3, -0.25) is 9.78 Å². The Morgan fingerprint density at radius 2 is 2.03 bits per heavy atom. The molecule has 0 spiro atoms. The molecule has 0 aliphatic rings. The van der Waals surface area contributed by atoms with E-state index >= 15 is 0 Å². The number of aromatic nitrogens is 3. The molecule has 0 aliphatic heterocycles. The lowest BCUT2D eigenvalue weighted by molar-refractivity contribution is 0.100. The van der Waals surface area contributed by atoms with Gasteiger partial charge >= 0.3 is 0 Å². The second-order valence-electron chi connectivity index (χ2n) is 6.43. The fourth-order valence-corrected chi connectivity index (χ4v) is 3.22. The van der Waals surface area contributed by atoms with Crippen LogP contribution in [0.1, 0.15) is 17.3 Å². The number of rotatable bonds is 6. The highest BCUT2D eigenvalue weighted by Crippen LogP contribution is 2.32. The number of nitrogens with two attached hydrogens (primary N) is 1. The summed E-state index contributed by atoms with van der Waals surface area (Å²) in [5.41, 5.74) is 7.75. The number of anilines is 2. The summed E-state index contributed by atoms with van der Waals surface area (Å²) in [5.74, 6) is 1.09. The maximum absolute atomic E-state index is 11.9. The molecule has 2 heterocycles. The summed E-state index contributed by atoms with van der Waals surface area (Å²) in [7, 11) is 0. The number of hydrogen-bond donors (Lipinski definition) is 2. The molecule has 0 radical (unpaired) electrons. The molecule has 0 bridgehead atoms. The van der Waals surface area contributed by atoms with Crippen LogP contribution in [0.25, 0.3) is 22.3 Å². The van der Waals surface area contributed by atoms with Crippen LogP contribution in [-0.4, -0.2) is 27.5 Å². The Balaban J connectivity index is 1.91. The minimum atomic E-state index is -0.574. The number of hydrogen-bond acceptors (Lipinski definition) is 6. The van der Waals surface area contributed by atoms with E-state index in [4.69, 9.17) is 22.1 Å². The monoisotopic (exact) mass is 419 g/mol. The van der Waals surface area contributed by atoms with Crippen LogP contribution in [0.5, 0.6) is 5.75 Å². The molecule has 7 nitrogen and oxygen atoms in total. The normalized spacial score (nSPS) is 10.7. The molecule has 0 saturated heterocycles. The average molecular weight is 420 g/mol. The van der Waals surface area contributed by atoms with Crippen molar-refractivity contribution in [3.63, 3.8) is 0 Å². The highest BCUT2D eigenvalue weighted by Gasteiger charge is 2.15. The number of nitrogens with one attached hydrogen (secondary N) is 1. The zero-order valence-electron chi connectivity index (χ0n) is 16.1. The van der Waals surface area contributed by atoms with Crippen LogP contribution < -0.4 is 15.8 Å². The quantitative estimate of drug-likeness (QED) is 0.474. The van der Waals surface area contributed by atoms with Crippen molar-refractivity contribution in [2.45, 2.75) is 6.92 Å². The van der Waals surface area contributed by atoms with Gasteiger partial charge in [-0.15, -0.1) is 0 Å². The predicted octanol–water partition coefficient (Wildman–Crippen LogP) is 4.59. The maximum atomic E-state index is 11.9. The van der Waals surface area contributed by atoms with Crippen LogP contribution in [0.3, 0.4) is 0 Å². The number of pyridine rings is 1. The topological polar surface area (TPSA) is 103 Å².